The molecule has 0 atom stereocenters. The molecule has 2 heterocycles. The van der Waals surface area contributed by atoms with E-state index in [1.165, 1.54) is 34.4 Å². The first-order valence-corrected chi connectivity index (χ1v) is 10.6. The van der Waals surface area contributed by atoms with Crippen molar-refractivity contribution in [3.05, 3.63) is 16.0 Å². The predicted molar refractivity (Wildman–Crippen MR) is 103 cm³/mol. The summed E-state index contributed by atoms with van der Waals surface area (Å²) in [5, 5.41) is 15.4. The van der Waals surface area contributed by atoms with Crippen LogP contribution in [0, 0.1) is 0 Å². The quantitative estimate of drug-likeness (QED) is 0.591. The zero-order valence-electron chi connectivity index (χ0n) is 13.8. The number of fused-ring (bicyclic) bond motifs is 1. The van der Waals surface area contributed by atoms with Crippen molar-refractivity contribution < 1.29 is 9.59 Å². The first kappa shape index (κ1) is 18.2. The van der Waals surface area contributed by atoms with Crippen LogP contribution in [0.3, 0.4) is 0 Å². The second kappa shape index (κ2) is 8.15. The number of aromatic nitrogens is 2. The summed E-state index contributed by atoms with van der Waals surface area (Å²) < 4.78 is 0.734. The van der Waals surface area contributed by atoms with Gasteiger partial charge in [-0.3, -0.25) is 9.59 Å². The number of rotatable bonds is 8. The van der Waals surface area contributed by atoms with Crippen LogP contribution in [0.25, 0.3) is 0 Å². The van der Waals surface area contributed by atoms with Crippen LogP contribution in [-0.4, -0.2) is 34.3 Å². The monoisotopic (exact) mass is 397 g/mol. The molecule has 2 aromatic heterocycles. The van der Waals surface area contributed by atoms with Gasteiger partial charge < -0.3 is 16.4 Å². The summed E-state index contributed by atoms with van der Waals surface area (Å²) in [6.45, 7) is 2.92. The van der Waals surface area contributed by atoms with Crippen LogP contribution in [0.4, 0.5) is 10.1 Å². The topological polar surface area (TPSA) is 110 Å². The smallest absolute Gasteiger partial charge is 0.251 e. The fourth-order valence-corrected chi connectivity index (χ4v) is 5.50. The van der Waals surface area contributed by atoms with Crippen molar-refractivity contribution in [2.24, 2.45) is 5.73 Å². The van der Waals surface area contributed by atoms with Crippen molar-refractivity contribution in [1.29, 1.82) is 0 Å². The maximum absolute atomic E-state index is 12.2. The molecule has 3 rings (SSSR count). The third-order valence-corrected chi connectivity index (χ3v) is 6.90. The molecule has 4 N–H and O–H groups in total. The number of carbonyl (C=O) groups excluding carboxylic acids is 2. The fraction of sp³-hybridized carbons (Fsp3) is 0.467. The van der Waals surface area contributed by atoms with Crippen LogP contribution < -0.4 is 16.4 Å². The number of hydrogen-bond donors (Lipinski definition) is 3. The van der Waals surface area contributed by atoms with Gasteiger partial charge in [0.05, 0.1) is 11.3 Å². The minimum absolute atomic E-state index is 0.175. The zero-order chi connectivity index (χ0) is 17.8. The molecule has 0 aliphatic heterocycles. The Labute approximate surface area is 157 Å². The van der Waals surface area contributed by atoms with Crippen molar-refractivity contribution in [1.82, 2.24) is 10.2 Å². The molecule has 0 fully saturated rings. The number of thioether (sulfide) groups is 1. The van der Waals surface area contributed by atoms with Crippen LogP contribution >= 0.6 is 34.4 Å². The van der Waals surface area contributed by atoms with Gasteiger partial charge in [-0.2, -0.15) is 0 Å². The number of nitrogens with zero attached hydrogens (tertiary/aromatic N) is 2. The molecule has 1 aliphatic carbocycles. The van der Waals surface area contributed by atoms with Crippen LogP contribution in [0.2, 0.25) is 0 Å². The predicted octanol–water partition coefficient (Wildman–Crippen LogP) is 2.74. The van der Waals surface area contributed by atoms with Crippen molar-refractivity contribution in [3.63, 3.8) is 0 Å². The van der Waals surface area contributed by atoms with E-state index in [-0.39, 0.29) is 11.7 Å². The van der Waals surface area contributed by atoms with Gasteiger partial charge in [-0.25, -0.2) is 0 Å². The molecule has 0 radical (unpaired) electrons. The standard InChI is InChI=1S/C15H19N5O2S3/c1-2-6-17-14-19-20-15(25-14)23-7-10(21)18-13-11(12(16)22)8-4-3-5-9(8)24-13/h2-7H2,1H3,(H2,16,22)(H,17,19)(H,18,21). The number of primary amides is 1. The molecule has 7 nitrogen and oxygen atoms in total. The number of nitrogens with two attached hydrogens (primary N) is 1. The Morgan fingerprint density at radius 2 is 2.12 bits per heavy atom. The van der Waals surface area contributed by atoms with Gasteiger partial charge in [0.2, 0.25) is 11.0 Å². The number of amides is 2. The van der Waals surface area contributed by atoms with Gasteiger partial charge in [-0.1, -0.05) is 30.0 Å². The molecule has 134 valence electrons. The normalized spacial score (nSPS) is 12.8. The molecule has 2 amide bonds. The minimum atomic E-state index is -0.474. The summed E-state index contributed by atoms with van der Waals surface area (Å²) in [6.07, 6.45) is 3.85. The molecule has 0 aromatic carbocycles. The summed E-state index contributed by atoms with van der Waals surface area (Å²) in [6, 6.07) is 0. The summed E-state index contributed by atoms with van der Waals surface area (Å²) in [7, 11) is 0. The van der Waals surface area contributed by atoms with E-state index < -0.39 is 5.91 Å². The van der Waals surface area contributed by atoms with E-state index in [1.54, 1.807) is 0 Å². The Hall–Kier alpha value is -1.65. The van der Waals surface area contributed by atoms with E-state index in [0.29, 0.717) is 10.6 Å². The van der Waals surface area contributed by atoms with Crippen molar-refractivity contribution in [2.45, 2.75) is 36.9 Å². The van der Waals surface area contributed by atoms with Crippen LogP contribution in [0.5, 0.6) is 0 Å². The number of thiophene rings is 1. The molecule has 0 saturated heterocycles. The molecular weight excluding hydrogens is 378 g/mol. The average Bonchev–Trinajstić information content (AvgIpc) is 3.26. The molecule has 10 heteroatoms. The van der Waals surface area contributed by atoms with Gasteiger partial charge in [0.25, 0.3) is 5.91 Å². The van der Waals surface area contributed by atoms with Crippen molar-refractivity contribution >= 4 is 56.4 Å². The highest BCUT2D eigenvalue weighted by molar-refractivity contribution is 8.01. The molecular formula is C15H19N5O2S3. The van der Waals surface area contributed by atoms with E-state index in [4.69, 9.17) is 5.73 Å². The summed E-state index contributed by atoms with van der Waals surface area (Å²) >= 11 is 4.22. The highest BCUT2D eigenvalue weighted by atomic mass is 32.2. The van der Waals surface area contributed by atoms with E-state index in [9.17, 15) is 9.59 Å². The zero-order valence-corrected chi connectivity index (χ0v) is 16.2. The van der Waals surface area contributed by atoms with Crippen LogP contribution in [0.15, 0.2) is 4.34 Å². The minimum Gasteiger partial charge on any atom is -0.365 e. The third-order valence-electron chi connectivity index (χ3n) is 3.68. The molecule has 0 bridgehead atoms. The van der Waals surface area contributed by atoms with E-state index in [0.717, 1.165) is 52.1 Å². The van der Waals surface area contributed by atoms with Gasteiger partial charge >= 0.3 is 0 Å². The summed E-state index contributed by atoms with van der Waals surface area (Å²) in [5.41, 5.74) is 7.00. The van der Waals surface area contributed by atoms with Gasteiger partial charge in [0, 0.05) is 11.4 Å². The highest BCUT2D eigenvalue weighted by Crippen LogP contribution is 2.39. The highest BCUT2D eigenvalue weighted by Gasteiger charge is 2.26. The molecule has 0 unspecified atom stereocenters. The Kier molecular flexibility index (Phi) is 5.92. The molecule has 25 heavy (non-hydrogen) atoms. The van der Waals surface area contributed by atoms with E-state index in [1.807, 2.05) is 0 Å². The Balaban J connectivity index is 1.58. The maximum atomic E-state index is 12.2. The SMILES string of the molecule is CCCNc1nnc(SCC(=O)Nc2sc3c(c2C(N)=O)CCC3)s1. The lowest BCUT2D eigenvalue weighted by atomic mass is 10.1. The van der Waals surface area contributed by atoms with Crippen molar-refractivity contribution in [2.75, 3.05) is 22.9 Å². The van der Waals surface area contributed by atoms with Gasteiger partial charge in [-0.15, -0.1) is 21.5 Å². The summed E-state index contributed by atoms with van der Waals surface area (Å²) in [5.74, 6) is -0.438. The van der Waals surface area contributed by atoms with Gasteiger partial charge in [-0.05, 0) is 31.2 Å². The molecule has 1 aliphatic rings. The Morgan fingerprint density at radius 3 is 2.88 bits per heavy atom. The first-order valence-electron chi connectivity index (χ1n) is 8.02. The number of nitrogens with one attached hydrogen (secondary N) is 2. The Morgan fingerprint density at radius 1 is 1.28 bits per heavy atom. The fourth-order valence-electron chi connectivity index (χ4n) is 2.61. The molecule has 0 spiro atoms. The first-order chi connectivity index (χ1) is 12.1. The lowest BCUT2D eigenvalue weighted by Crippen LogP contribution is -2.18. The average molecular weight is 398 g/mol. The van der Waals surface area contributed by atoms with Crippen LogP contribution in [0.1, 0.15) is 40.6 Å². The van der Waals surface area contributed by atoms with E-state index in [2.05, 4.69) is 27.8 Å². The van der Waals surface area contributed by atoms with Gasteiger partial charge in [0.15, 0.2) is 4.34 Å². The van der Waals surface area contributed by atoms with Gasteiger partial charge in [0.1, 0.15) is 5.00 Å². The largest absolute Gasteiger partial charge is 0.365 e. The molecule has 0 saturated carbocycles. The number of carbonyl (C=O) groups is 2. The van der Waals surface area contributed by atoms with Crippen LogP contribution in [-0.2, 0) is 17.6 Å². The second-order valence-electron chi connectivity index (χ2n) is 5.56. The second-order valence-corrected chi connectivity index (χ2v) is 8.87. The summed E-state index contributed by atoms with van der Waals surface area (Å²) in [4.78, 5) is 25.1. The lowest BCUT2D eigenvalue weighted by molar-refractivity contribution is -0.113. The lowest BCUT2D eigenvalue weighted by Gasteiger charge is -2.05. The number of hydrogen-bond acceptors (Lipinski definition) is 8. The maximum Gasteiger partial charge on any atom is 0.251 e. The van der Waals surface area contributed by atoms with Crippen molar-refractivity contribution in [3.8, 4) is 0 Å². The third kappa shape index (κ3) is 4.31. The number of anilines is 2. The van der Waals surface area contributed by atoms with E-state index >= 15 is 0 Å². The number of aryl methyl sites for hydroxylation is 1. The Bertz CT molecular complexity index is 786. The molecule has 2 aromatic rings.